The van der Waals surface area contributed by atoms with Crippen molar-refractivity contribution in [1.82, 2.24) is 20.0 Å². The van der Waals surface area contributed by atoms with Gasteiger partial charge in [-0.3, -0.25) is 23.9 Å². The van der Waals surface area contributed by atoms with Gasteiger partial charge in [0.1, 0.15) is 18.4 Å². The van der Waals surface area contributed by atoms with Gasteiger partial charge in [-0.25, -0.2) is 4.39 Å². The van der Waals surface area contributed by atoms with E-state index in [1.807, 2.05) is 0 Å². The second-order valence-corrected chi connectivity index (χ2v) is 10.3. The van der Waals surface area contributed by atoms with E-state index in [1.54, 1.807) is 35.2 Å². The van der Waals surface area contributed by atoms with Crippen LogP contribution in [0.15, 0.2) is 36.4 Å². The van der Waals surface area contributed by atoms with Crippen LogP contribution in [-0.4, -0.2) is 57.6 Å². The van der Waals surface area contributed by atoms with Gasteiger partial charge in [0.25, 0.3) is 5.91 Å². The van der Waals surface area contributed by atoms with Crippen LogP contribution in [0.3, 0.4) is 0 Å². The van der Waals surface area contributed by atoms with Crippen LogP contribution in [0.5, 0.6) is 0 Å². The summed E-state index contributed by atoms with van der Waals surface area (Å²) < 4.78 is 20.4. The standard InChI is InChI=1S/C27H27ClFN5O5/c1-39-22(36)10-14-5-8-18-20(9-14)33(32-24(18)26(30)37)13-21(35)34-17-7-6-15(11-17)25(34)27(38)31-12-16-3-2-4-19(28)23(16)29/h2-5,8-9,15,17,25H,6-7,10-13H2,1H3,(H2,30,37)(H,31,38)/t15-,17+,25-/m0/s1. The number of aromatic nitrogens is 2. The van der Waals surface area contributed by atoms with Gasteiger partial charge in [0.05, 0.1) is 24.1 Å². The van der Waals surface area contributed by atoms with E-state index in [4.69, 9.17) is 22.1 Å². The van der Waals surface area contributed by atoms with E-state index < -0.39 is 23.7 Å². The first-order valence-electron chi connectivity index (χ1n) is 12.6. The Balaban J connectivity index is 1.38. The molecule has 1 aliphatic heterocycles. The summed E-state index contributed by atoms with van der Waals surface area (Å²) in [5.41, 5.74) is 6.86. The molecule has 1 aliphatic carbocycles. The van der Waals surface area contributed by atoms with E-state index in [0.29, 0.717) is 22.9 Å². The normalized spacial score (nSPS) is 19.9. The zero-order valence-electron chi connectivity index (χ0n) is 21.2. The van der Waals surface area contributed by atoms with Crippen LogP contribution in [0.1, 0.15) is 40.9 Å². The minimum Gasteiger partial charge on any atom is -0.469 e. The third-order valence-electron chi connectivity index (χ3n) is 7.54. The molecule has 3 amide bonds. The number of halogens is 2. The summed E-state index contributed by atoms with van der Waals surface area (Å²) >= 11 is 5.85. The van der Waals surface area contributed by atoms with E-state index in [9.17, 15) is 23.6 Å². The van der Waals surface area contributed by atoms with E-state index in [1.165, 1.54) is 17.9 Å². The number of fused-ring (bicyclic) bond motifs is 3. The third-order valence-corrected chi connectivity index (χ3v) is 7.83. The predicted octanol–water partition coefficient (Wildman–Crippen LogP) is 2.34. The number of methoxy groups -OCH3 is 1. The molecule has 2 aliphatic rings. The topological polar surface area (TPSA) is 137 Å². The second kappa shape index (κ2) is 10.6. The first-order chi connectivity index (χ1) is 18.7. The van der Waals surface area contributed by atoms with Gasteiger partial charge in [0.2, 0.25) is 11.8 Å². The number of likely N-dealkylation sites (tertiary alicyclic amines) is 1. The molecule has 2 aromatic carbocycles. The number of nitrogens with two attached hydrogens (primary N) is 1. The molecular formula is C27H27ClFN5O5. The Morgan fingerprint density at radius 1 is 1.21 bits per heavy atom. The van der Waals surface area contributed by atoms with Crippen LogP contribution >= 0.6 is 11.6 Å². The minimum absolute atomic E-state index is 0.00279. The number of hydrogen-bond donors (Lipinski definition) is 2. The van der Waals surface area contributed by atoms with E-state index >= 15 is 0 Å². The number of nitrogens with zero attached hydrogens (tertiary/aromatic N) is 3. The molecule has 3 atom stereocenters. The molecule has 1 saturated heterocycles. The van der Waals surface area contributed by atoms with Crippen LogP contribution in [-0.2, 0) is 38.6 Å². The van der Waals surface area contributed by atoms with Crippen molar-refractivity contribution in [2.45, 2.75) is 50.9 Å². The number of piperidine rings is 1. The van der Waals surface area contributed by atoms with Crippen molar-refractivity contribution in [2.24, 2.45) is 11.7 Å². The lowest BCUT2D eigenvalue weighted by atomic mass is 9.97. The van der Waals surface area contributed by atoms with Gasteiger partial charge < -0.3 is 20.7 Å². The van der Waals surface area contributed by atoms with Gasteiger partial charge in [-0.2, -0.15) is 5.10 Å². The smallest absolute Gasteiger partial charge is 0.309 e. The monoisotopic (exact) mass is 555 g/mol. The summed E-state index contributed by atoms with van der Waals surface area (Å²) in [7, 11) is 1.29. The average Bonchev–Trinajstić information content (AvgIpc) is 3.63. The van der Waals surface area contributed by atoms with Gasteiger partial charge >= 0.3 is 5.97 Å². The summed E-state index contributed by atoms with van der Waals surface area (Å²) in [5.74, 6) is -2.49. The number of nitrogens with one attached hydrogen (secondary N) is 1. The molecule has 3 N–H and O–H groups in total. The number of ether oxygens (including phenoxy) is 1. The van der Waals surface area contributed by atoms with Crippen molar-refractivity contribution in [3.63, 3.8) is 0 Å². The number of benzene rings is 2. The molecule has 12 heteroatoms. The number of carbonyl (C=O) groups is 4. The van der Waals surface area contributed by atoms with Crippen molar-refractivity contribution in [1.29, 1.82) is 0 Å². The highest BCUT2D eigenvalue weighted by Gasteiger charge is 2.51. The van der Waals surface area contributed by atoms with Crippen LogP contribution in [0.25, 0.3) is 10.9 Å². The van der Waals surface area contributed by atoms with Crippen molar-refractivity contribution in [2.75, 3.05) is 7.11 Å². The maximum Gasteiger partial charge on any atom is 0.309 e. The highest BCUT2D eigenvalue weighted by Crippen LogP contribution is 2.42. The molecule has 5 rings (SSSR count). The first-order valence-corrected chi connectivity index (χ1v) is 12.9. The number of esters is 1. The van der Waals surface area contributed by atoms with Crippen LogP contribution in [0.2, 0.25) is 5.02 Å². The first kappa shape index (κ1) is 26.6. The van der Waals surface area contributed by atoms with Gasteiger partial charge in [0.15, 0.2) is 5.69 Å². The minimum atomic E-state index is -0.752. The predicted molar refractivity (Wildman–Crippen MR) is 139 cm³/mol. The number of carbonyl (C=O) groups excluding carboxylic acids is 4. The highest BCUT2D eigenvalue weighted by atomic mass is 35.5. The Morgan fingerprint density at radius 3 is 2.74 bits per heavy atom. The molecular weight excluding hydrogens is 529 g/mol. The molecule has 10 nitrogen and oxygen atoms in total. The Labute approximate surface area is 228 Å². The van der Waals surface area contributed by atoms with Crippen molar-refractivity contribution < 1.29 is 28.3 Å². The quantitative estimate of drug-likeness (QED) is 0.409. The molecule has 2 heterocycles. The molecule has 0 radical (unpaired) electrons. The fraction of sp³-hybridized carbons (Fsp3) is 0.370. The molecule has 204 valence electrons. The summed E-state index contributed by atoms with van der Waals surface area (Å²) in [6.45, 7) is -0.294. The summed E-state index contributed by atoms with van der Waals surface area (Å²) in [6.07, 6.45) is 2.29. The Hall–Kier alpha value is -3.99. The molecule has 0 spiro atoms. The van der Waals surface area contributed by atoms with Crippen molar-refractivity contribution >= 4 is 46.2 Å². The lowest BCUT2D eigenvalue weighted by molar-refractivity contribution is -0.143. The number of primary amides is 1. The molecule has 0 unspecified atom stereocenters. The van der Waals surface area contributed by atoms with Gasteiger partial charge in [-0.05, 0) is 42.9 Å². The zero-order chi connectivity index (χ0) is 27.8. The van der Waals surface area contributed by atoms with E-state index in [0.717, 1.165) is 12.8 Å². The largest absolute Gasteiger partial charge is 0.469 e. The lowest BCUT2D eigenvalue weighted by Gasteiger charge is -2.34. The number of rotatable bonds is 8. The Bertz CT molecular complexity index is 1490. The highest BCUT2D eigenvalue weighted by molar-refractivity contribution is 6.30. The Morgan fingerprint density at radius 2 is 2.00 bits per heavy atom. The third kappa shape index (κ3) is 5.06. The summed E-state index contributed by atoms with van der Waals surface area (Å²) in [4.78, 5) is 52.3. The fourth-order valence-corrected chi connectivity index (χ4v) is 5.93. The van der Waals surface area contributed by atoms with E-state index in [2.05, 4.69) is 10.4 Å². The summed E-state index contributed by atoms with van der Waals surface area (Å²) in [6, 6.07) is 8.73. The molecule has 1 aromatic heterocycles. The van der Waals surface area contributed by atoms with Crippen LogP contribution in [0.4, 0.5) is 4.39 Å². The lowest BCUT2D eigenvalue weighted by Crippen LogP contribution is -2.53. The average molecular weight is 556 g/mol. The van der Waals surface area contributed by atoms with Gasteiger partial charge in [-0.15, -0.1) is 0 Å². The van der Waals surface area contributed by atoms with E-state index in [-0.39, 0.29) is 59.6 Å². The number of hydrogen-bond acceptors (Lipinski definition) is 6. The molecule has 2 bridgehead atoms. The van der Waals surface area contributed by atoms with Crippen molar-refractivity contribution in [3.05, 3.63) is 64.1 Å². The molecule has 2 fully saturated rings. The Kier molecular flexibility index (Phi) is 7.26. The second-order valence-electron chi connectivity index (χ2n) is 9.88. The maximum absolute atomic E-state index is 14.3. The SMILES string of the molecule is COC(=O)Cc1ccc2c(C(N)=O)nn(CC(=O)N3[C@@H]4CC[C@@H](C4)[C@H]3C(=O)NCc3cccc(Cl)c3F)c2c1. The summed E-state index contributed by atoms with van der Waals surface area (Å²) in [5, 5.41) is 7.47. The number of amides is 3. The maximum atomic E-state index is 14.3. The zero-order valence-corrected chi connectivity index (χ0v) is 21.9. The molecule has 39 heavy (non-hydrogen) atoms. The van der Waals surface area contributed by atoms with Crippen molar-refractivity contribution in [3.8, 4) is 0 Å². The van der Waals surface area contributed by atoms with Crippen LogP contribution in [0, 0.1) is 11.7 Å². The molecule has 3 aromatic rings. The van der Waals surface area contributed by atoms with Gasteiger partial charge in [-0.1, -0.05) is 35.9 Å². The fourth-order valence-electron chi connectivity index (χ4n) is 5.74. The van der Waals surface area contributed by atoms with Crippen LogP contribution < -0.4 is 11.1 Å². The molecule has 1 saturated carbocycles. The van der Waals surface area contributed by atoms with Gasteiger partial charge in [0, 0.05) is 23.5 Å².